The van der Waals surface area contributed by atoms with Crippen LogP contribution >= 0.6 is 15.9 Å². The lowest BCUT2D eigenvalue weighted by molar-refractivity contribution is -0.125. The van der Waals surface area contributed by atoms with E-state index in [-0.39, 0.29) is 5.91 Å². The molecule has 4 nitrogen and oxygen atoms in total. The molecule has 3 unspecified atom stereocenters. The zero-order valence-corrected chi connectivity index (χ0v) is 12.3. The fraction of sp³-hybridized carbons (Fsp3) is 0.500. The molecule has 0 saturated carbocycles. The number of amides is 1. The van der Waals surface area contributed by atoms with Crippen molar-refractivity contribution in [3.63, 3.8) is 0 Å². The molecule has 2 aliphatic heterocycles. The molecule has 0 radical (unpaired) electrons. The summed E-state index contributed by atoms with van der Waals surface area (Å²) in [6, 6.07) is 7.88. The van der Waals surface area contributed by atoms with Gasteiger partial charge in [-0.1, -0.05) is 12.1 Å². The number of primary amides is 1. The Labute approximate surface area is 121 Å². The highest BCUT2D eigenvalue weighted by Gasteiger charge is 2.50. The number of hydrogen-bond donors (Lipinski definition) is 2. The van der Waals surface area contributed by atoms with Crippen molar-refractivity contribution in [2.75, 3.05) is 25.0 Å². The molecule has 1 aromatic rings. The summed E-state index contributed by atoms with van der Waals surface area (Å²) in [7, 11) is 0. The minimum absolute atomic E-state index is 0.227. The second-order valence-electron chi connectivity index (χ2n) is 5.48. The van der Waals surface area contributed by atoms with E-state index in [9.17, 15) is 4.79 Å². The van der Waals surface area contributed by atoms with Crippen LogP contribution in [0.3, 0.4) is 0 Å². The van der Waals surface area contributed by atoms with Crippen molar-refractivity contribution in [1.82, 2.24) is 4.90 Å². The molecule has 5 heteroatoms. The summed E-state index contributed by atoms with van der Waals surface area (Å²) in [4.78, 5) is 14.5. The molecule has 0 spiro atoms. The summed E-state index contributed by atoms with van der Waals surface area (Å²) in [6.07, 6.45) is 1.83. The summed E-state index contributed by atoms with van der Waals surface area (Å²) < 4.78 is 0.969. The lowest BCUT2D eigenvalue weighted by Crippen LogP contribution is -2.60. The number of para-hydroxylation sites is 1. The van der Waals surface area contributed by atoms with Gasteiger partial charge in [0.25, 0.3) is 0 Å². The van der Waals surface area contributed by atoms with Crippen LogP contribution in [0.2, 0.25) is 0 Å². The number of nitrogens with zero attached hydrogens (tertiary/aromatic N) is 1. The summed E-state index contributed by atoms with van der Waals surface area (Å²) in [5.74, 6) is 0.0839. The fourth-order valence-electron chi connectivity index (χ4n) is 3.33. The van der Waals surface area contributed by atoms with Crippen molar-refractivity contribution in [3.05, 3.63) is 28.7 Å². The number of nitrogens with one attached hydrogen (secondary N) is 1. The highest BCUT2D eigenvalue weighted by Crippen LogP contribution is 2.39. The summed E-state index contributed by atoms with van der Waals surface area (Å²) in [5.41, 5.74) is 6.09. The predicted octanol–water partition coefficient (Wildman–Crippen LogP) is 1.81. The Morgan fingerprint density at radius 1 is 1.42 bits per heavy atom. The van der Waals surface area contributed by atoms with E-state index in [1.165, 1.54) is 0 Å². The number of halogens is 1. The van der Waals surface area contributed by atoms with Crippen LogP contribution in [0, 0.1) is 5.92 Å². The molecule has 0 aliphatic carbocycles. The standard InChI is InChI=1S/C14H18BrN3O/c15-11-3-1-2-4-12(11)17-14(13(16)19)6-8-18-7-5-10(14)9-18/h1-4,10,17H,5-9H2,(H2,16,19). The van der Waals surface area contributed by atoms with Crippen LogP contribution in [0.5, 0.6) is 0 Å². The van der Waals surface area contributed by atoms with E-state index in [2.05, 4.69) is 26.1 Å². The molecular weight excluding hydrogens is 306 g/mol. The largest absolute Gasteiger partial charge is 0.370 e. The van der Waals surface area contributed by atoms with Gasteiger partial charge in [-0.25, -0.2) is 0 Å². The third kappa shape index (κ3) is 2.15. The molecular formula is C14H18BrN3O. The first-order valence-electron chi connectivity index (χ1n) is 6.67. The number of rotatable bonds is 3. The molecule has 1 amide bonds. The van der Waals surface area contributed by atoms with E-state index in [4.69, 9.17) is 5.73 Å². The molecule has 2 heterocycles. The van der Waals surface area contributed by atoms with E-state index >= 15 is 0 Å². The molecule has 102 valence electrons. The maximum Gasteiger partial charge on any atom is 0.243 e. The second kappa shape index (κ2) is 4.80. The number of carbonyl (C=O) groups is 1. The van der Waals surface area contributed by atoms with Crippen LogP contribution in [-0.4, -0.2) is 36.0 Å². The number of hydrogen-bond acceptors (Lipinski definition) is 3. The first-order valence-corrected chi connectivity index (χ1v) is 7.46. The highest BCUT2D eigenvalue weighted by atomic mass is 79.9. The topological polar surface area (TPSA) is 58.4 Å². The van der Waals surface area contributed by atoms with Gasteiger partial charge in [0, 0.05) is 29.2 Å². The van der Waals surface area contributed by atoms with Gasteiger partial charge in [0.05, 0.1) is 0 Å². The van der Waals surface area contributed by atoms with Gasteiger partial charge in [0.2, 0.25) is 5.91 Å². The average molecular weight is 324 g/mol. The van der Waals surface area contributed by atoms with E-state index in [1.54, 1.807) is 0 Å². The van der Waals surface area contributed by atoms with E-state index in [1.807, 2.05) is 24.3 Å². The van der Waals surface area contributed by atoms with Crippen molar-refractivity contribution in [2.24, 2.45) is 11.7 Å². The Morgan fingerprint density at radius 2 is 2.21 bits per heavy atom. The molecule has 3 rings (SSSR count). The number of fused-ring (bicyclic) bond motifs is 2. The van der Waals surface area contributed by atoms with Gasteiger partial charge < -0.3 is 16.0 Å². The van der Waals surface area contributed by atoms with Gasteiger partial charge in [0.15, 0.2) is 0 Å². The molecule has 2 saturated heterocycles. The Hall–Kier alpha value is -1.07. The number of carbonyl (C=O) groups excluding carboxylic acids is 1. The molecule has 2 bridgehead atoms. The number of anilines is 1. The fourth-order valence-corrected chi connectivity index (χ4v) is 3.71. The zero-order valence-electron chi connectivity index (χ0n) is 10.7. The average Bonchev–Trinajstić information content (AvgIpc) is 2.79. The normalized spacial score (nSPS) is 33.1. The monoisotopic (exact) mass is 323 g/mol. The van der Waals surface area contributed by atoms with Gasteiger partial charge >= 0.3 is 0 Å². The molecule has 3 N–H and O–H groups in total. The van der Waals surface area contributed by atoms with Crippen LogP contribution < -0.4 is 11.1 Å². The minimum atomic E-state index is -0.600. The van der Waals surface area contributed by atoms with Gasteiger partial charge in [0.1, 0.15) is 5.54 Å². The summed E-state index contributed by atoms with van der Waals surface area (Å²) in [6.45, 7) is 2.99. The van der Waals surface area contributed by atoms with Crippen LogP contribution in [-0.2, 0) is 4.79 Å². The first kappa shape index (κ1) is 12.9. The molecule has 2 aliphatic rings. The molecule has 19 heavy (non-hydrogen) atoms. The molecule has 2 fully saturated rings. The Morgan fingerprint density at radius 3 is 2.95 bits per heavy atom. The minimum Gasteiger partial charge on any atom is -0.370 e. The van der Waals surface area contributed by atoms with Crippen LogP contribution in [0.4, 0.5) is 5.69 Å². The lowest BCUT2D eigenvalue weighted by atomic mass is 9.78. The van der Waals surface area contributed by atoms with Crippen LogP contribution in [0.1, 0.15) is 12.8 Å². The zero-order chi connectivity index (χ0) is 13.5. The van der Waals surface area contributed by atoms with E-state index in [0.717, 1.165) is 42.6 Å². The van der Waals surface area contributed by atoms with E-state index in [0.29, 0.717) is 5.92 Å². The highest BCUT2D eigenvalue weighted by molar-refractivity contribution is 9.10. The van der Waals surface area contributed by atoms with Gasteiger partial charge in [-0.3, -0.25) is 4.79 Å². The van der Waals surface area contributed by atoms with Crippen LogP contribution in [0.15, 0.2) is 28.7 Å². The van der Waals surface area contributed by atoms with Crippen LogP contribution in [0.25, 0.3) is 0 Å². The van der Waals surface area contributed by atoms with Crippen molar-refractivity contribution >= 4 is 27.5 Å². The van der Waals surface area contributed by atoms with Crippen molar-refractivity contribution in [2.45, 2.75) is 18.4 Å². The van der Waals surface area contributed by atoms with Gasteiger partial charge in [-0.15, -0.1) is 0 Å². The lowest BCUT2D eigenvalue weighted by Gasteiger charge is -2.42. The van der Waals surface area contributed by atoms with Crippen molar-refractivity contribution < 1.29 is 4.79 Å². The van der Waals surface area contributed by atoms with E-state index < -0.39 is 5.54 Å². The SMILES string of the molecule is NC(=O)C1(Nc2ccccc2Br)CCN2CCC1C2. The molecule has 3 atom stereocenters. The first-order chi connectivity index (χ1) is 9.12. The third-order valence-corrected chi connectivity index (χ3v) is 5.15. The maximum absolute atomic E-state index is 12.1. The number of nitrogens with two attached hydrogens (primary N) is 1. The Bertz CT molecular complexity index is 507. The molecule has 1 aromatic carbocycles. The third-order valence-electron chi connectivity index (χ3n) is 4.46. The van der Waals surface area contributed by atoms with Gasteiger partial charge in [-0.2, -0.15) is 0 Å². The predicted molar refractivity (Wildman–Crippen MR) is 78.9 cm³/mol. The molecule has 0 aromatic heterocycles. The quantitative estimate of drug-likeness (QED) is 0.892. The smallest absolute Gasteiger partial charge is 0.243 e. The van der Waals surface area contributed by atoms with Gasteiger partial charge in [-0.05, 0) is 47.4 Å². The second-order valence-corrected chi connectivity index (χ2v) is 6.33. The van der Waals surface area contributed by atoms with Crippen molar-refractivity contribution in [3.8, 4) is 0 Å². The number of benzene rings is 1. The Kier molecular flexibility index (Phi) is 3.27. The summed E-state index contributed by atoms with van der Waals surface area (Å²) in [5, 5.41) is 3.44. The Balaban J connectivity index is 1.93. The van der Waals surface area contributed by atoms with Crippen molar-refractivity contribution in [1.29, 1.82) is 0 Å². The number of piperidine rings is 1. The summed E-state index contributed by atoms with van der Waals surface area (Å²) >= 11 is 3.52. The maximum atomic E-state index is 12.1.